The molecule has 19 heavy (non-hydrogen) atoms. The quantitative estimate of drug-likeness (QED) is 0.255. The first-order valence-corrected chi connectivity index (χ1v) is 6.01. The second-order valence-electron chi connectivity index (χ2n) is 3.75. The molecule has 0 aliphatic heterocycles. The van der Waals surface area contributed by atoms with E-state index in [-0.39, 0.29) is 11.8 Å². The highest BCUT2D eigenvalue weighted by Crippen LogP contribution is 2.21. The number of nitrogens with zero attached hydrogens (tertiary/aromatic N) is 2. The van der Waals surface area contributed by atoms with Gasteiger partial charge in [-0.1, -0.05) is 13.0 Å². The van der Waals surface area contributed by atoms with E-state index in [1.54, 1.807) is 6.92 Å². The minimum atomic E-state index is -0.790. The van der Waals surface area contributed by atoms with Crippen molar-refractivity contribution < 1.29 is 19.4 Å². The highest BCUT2D eigenvalue weighted by Gasteiger charge is 2.29. The van der Waals surface area contributed by atoms with Crippen LogP contribution in [-0.4, -0.2) is 29.6 Å². The largest absolute Gasteiger partial charge is 0.465 e. The van der Waals surface area contributed by atoms with Crippen molar-refractivity contribution in [2.45, 2.75) is 32.6 Å². The van der Waals surface area contributed by atoms with Gasteiger partial charge in [-0.05, 0) is 25.8 Å². The Balaban J connectivity index is 0.000000399. The standard InChI is InChI=1S/C9H14O3.C3H4N2O2/c1-2-12-9(11)7-5-3-4-6-8(7)10;1-2-3-4-5(6)7/h7H,2-6H2,1H3;2-3H,1H2. The second-order valence-corrected chi connectivity index (χ2v) is 3.75. The van der Waals surface area contributed by atoms with Gasteiger partial charge in [0, 0.05) is 6.42 Å². The zero-order chi connectivity index (χ0) is 14.7. The number of nitro groups is 1. The van der Waals surface area contributed by atoms with Crippen molar-refractivity contribution in [3.63, 3.8) is 0 Å². The first kappa shape index (κ1) is 16.9. The number of hydrogen-bond donors (Lipinski definition) is 0. The lowest BCUT2D eigenvalue weighted by molar-refractivity contribution is -0.484. The predicted molar refractivity (Wildman–Crippen MR) is 69.3 cm³/mol. The Hall–Kier alpha value is -2.05. The summed E-state index contributed by atoms with van der Waals surface area (Å²) in [5.41, 5.74) is 0. The topological polar surface area (TPSA) is 98.9 Å². The third-order valence-corrected chi connectivity index (χ3v) is 2.39. The van der Waals surface area contributed by atoms with Gasteiger partial charge in [0.25, 0.3) is 0 Å². The van der Waals surface area contributed by atoms with Crippen LogP contribution in [0.3, 0.4) is 0 Å². The van der Waals surface area contributed by atoms with Crippen molar-refractivity contribution in [2.75, 3.05) is 6.61 Å². The van der Waals surface area contributed by atoms with E-state index in [0.29, 0.717) is 19.4 Å². The Morgan fingerprint density at radius 3 is 2.74 bits per heavy atom. The lowest BCUT2D eigenvalue weighted by Gasteiger charge is -2.18. The summed E-state index contributed by atoms with van der Waals surface area (Å²) in [6, 6.07) is 0. The number of ketones is 1. The Labute approximate surface area is 111 Å². The summed E-state index contributed by atoms with van der Waals surface area (Å²) in [5, 5.41) is 11.3. The number of hydrogen-bond acceptors (Lipinski definition) is 5. The van der Waals surface area contributed by atoms with Gasteiger partial charge in [0.1, 0.15) is 17.9 Å². The van der Waals surface area contributed by atoms with Crippen LogP contribution in [0.2, 0.25) is 0 Å². The molecule has 1 fully saturated rings. The van der Waals surface area contributed by atoms with Crippen LogP contribution in [0.25, 0.3) is 0 Å². The molecule has 0 aromatic carbocycles. The molecule has 0 N–H and O–H groups in total. The average Bonchev–Trinajstić information content (AvgIpc) is 2.38. The van der Waals surface area contributed by atoms with Crippen molar-refractivity contribution >= 4 is 18.0 Å². The van der Waals surface area contributed by atoms with Crippen LogP contribution in [-0.2, 0) is 14.3 Å². The fraction of sp³-hybridized carbons (Fsp3) is 0.583. The molecule has 7 nitrogen and oxygen atoms in total. The van der Waals surface area contributed by atoms with Gasteiger partial charge in [-0.3, -0.25) is 9.59 Å². The summed E-state index contributed by atoms with van der Waals surface area (Å²) in [6.07, 6.45) is 5.37. The molecule has 0 amide bonds. The van der Waals surface area contributed by atoms with Crippen LogP contribution in [0.1, 0.15) is 32.6 Å². The molecule has 0 heterocycles. The summed E-state index contributed by atoms with van der Waals surface area (Å²) in [6.45, 7) is 5.30. The number of carbonyl (C=O) groups excluding carboxylic acids is 2. The molecule has 106 valence electrons. The van der Waals surface area contributed by atoms with Gasteiger partial charge in [0.2, 0.25) is 0 Å². The maximum atomic E-state index is 11.2. The summed E-state index contributed by atoms with van der Waals surface area (Å²) in [5.74, 6) is -0.736. The SMILES string of the molecule is C=CC=N[N+](=O)[O-].CCOC(=O)C1CCCCC1=O. The molecule has 0 aromatic rings. The van der Waals surface area contributed by atoms with Crippen LogP contribution in [0.4, 0.5) is 0 Å². The molecule has 0 saturated heterocycles. The molecule has 1 aliphatic rings. The molecule has 0 spiro atoms. The summed E-state index contributed by atoms with van der Waals surface area (Å²) in [4.78, 5) is 31.7. The molecule has 1 saturated carbocycles. The molecule has 1 unspecified atom stereocenters. The smallest absolute Gasteiger partial charge is 0.316 e. The molecular weight excluding hydrogens is 252 g/mol. The van der Waals surface area contributed by atoms with Gasteiger partial charge >= 0.3 is 5.97 Å². The number of Topliss-reactive ketones (excluding diaryl/α,β-unsaturated/α-hetero) is 1. The number of esters is 1. The fourth-order valence-corrected chi connectivity index (χ4v) is 1.58. The van der Waals surface area contributed by atoms with E-state index >= 15 is 0 Å². The molecule has 0 radical (unpaired) electrons. The predicted octanol–water partition coefficient (Wildman–Crippen LogP) is 1.74. The molecule has 0 aromatic heterocycles. The number of ether oxygens (including phenoxy) is 1. The summed E-state index contributed by atoms with van der Waals surface area (Å²) < 4.78 is 4.79. The van der Waals surface area contributed by atoms with Gasteiger partial charge in [-0.25, -0.2) is 10.1 Å². The zero-order valence-electron chi connectivity index (χ0n) is 10.9. The minimum Gasteiger partial charge on any atom is -0.465 e. The van der Waals surface area contributed by atoms with Crippen molar-refractivity contribution in [3.05, 3.63) is 22.8 Å². The maximum absolute atomic E-state index is 11.2. The molecule has 0 bridgehead atoms. The molecule has 1 aliphatic carbocycles. The highest BCUT2D eigenvalue weighted by molar-refractivity contribution is 5.99. The van der Waals surface area contributed by atoms with Crippen LogP contribution in [0.15, 0.2) is 17.8 Å². The Bertz CT molecular complexity index is 365. The zero-order valence-corrected chi connectivity index (χ0v) is 10.9. The van der Waals surface area contributed by atoms with E-state index in [2.05, 4.69) is 11.7 Å². The van der Waals surface area contributed by atoms with E-state index in [9.17, 15) is 19.7 Å². The monoisotopic (exact) mass is 270 g/mol. The maximum Gasteiger partial charge on any atom is 0.316 e. The van der Waals surface area contributed by atoms with E-state index in [4.69, 9.17) is 4.74 Å². The van der Waals surface area contributed by atoms with Gasteiger partial charge in [-0.15, -0.1) is 0 Å². The van der Waals surface area contributed by atoms with E-state index in [1.165, 1.54) is 6.08 Å². The van der Waals surface area contributed by atoms with Gasteiger partial charge in [0.15, 0.2) is 5.03 Å². The number of allylic oxidation sites excluding steroid dienone is 1. The lowest BCUT2D eigenvalue weighted by Crippen LogP contribution is -2.28. The van der Waals surface area contributed by atoms with Gasteiger partial charge in [-0.2, -0.15) is 0 Å². The number of rotatable bonds is 4. The number of carbonyl (C=O) groups is 2. The van der Waals surface area contributed by atoms with E-state index in [0.717, 1.165) is 19.1 Å². The molecular formula is C12H18N2O5. The minimum absolute atomic E-state index is 0.0553. The summed E-state index contributed by atoms with van der Waals surface area (Å²) >= 11 is 0. The highest BCUT2D eigenvalue weighted by atomic mass is 16.7. The van der Waals surface area contributed by atoms with Crippen LogP contribution < -0.4 is 0 Å². The third kappa shape index (κ3) is 7.80. The first-order chi connectivity index (χ1) is 9.02. The average molecular weight is 270 g/mol. The van der Waals surface area contributed by atoms with Crippen molar-refractivity contribution in [3.8, 4) is 0 Å². The van der Waals surface area contributed by atoms with Crippen LogP contribution in [0, 0.1) is 16.0 Å². The molecule has 1 atom stereocenters. The Morgan fingerprint density at radius 1 is 1.63 bits per heavy atom. The molecule has 1 rings (SSSR count). The van der Waals surface area contributed by atoms with Crippen LogP contribution in [0.5, 0.6) is 0 Å². The fourth-order valence-electron chi connectivity index (χ4n) is 1.58. The van der Waals surface area contributed by atoms with Crippen molar-refractivity contribution in [1.29, 1.82) is 0 Å². The summed E-state index contributed by atoms with van der Waals surface area (Å²) in [7, 11) is 0. The van der Waals surface area contributed by atoms with Crippen molar-refractivity contribution in [1.82, 2.24) is 0 Å². The Morgan fingerprint density at radius 2 is 2.32 bits per heavy atom. The molecule has 7 heteroatoms. The van der Waals surface area contributed by atoms with E-state index in [1.807, 2.05) is 0 Å². The van der Waals surface area contributed by atoms with Crippen LogP contribution >= 0.6 is 0 Å². The first-order valence-electron chi connectivity index (χ1n) is 6.01. The Kier molecular flexibility index (Phi) is 8.86. The normalized spacial score (nSPS) is 18.4. The number of hydrazone groups is 1. The lowest BCUT2D eigenvalue weighted by atomic mass is 9.88. The van der Waals surface area contributed by atoms with Crippen molar-refractivity contribution in [2.24, 2.45) is 11.0 Å². The van der Waals surface area contributed by atoms with E-state index < -0.39 is 11.0 Å². The third-order valence-electron chi connectivity index (χ3n) is 2.39. The van der Waals surface area contributed by atoms with Gasteiger partial charge in [0.05, 0.1) is 11.7 Å². The van der Waals surface area contributed by atoms with Gasteiger partial charge < -0.3 is 4.74 Å². The second kappa shape index (κ2) is 9.93.